The minimum atomic E-state index is -0.518. The molecule has 1 atom stereocenters. The first-order valence-electron chi connectivity index (χ1n) is 8.70. The molecular formula is C20H19N3O4S2. The Hall–Kier alpha value is -2.91. The standard InChI is InChI=1S/C20H19N3O4S2/c1-12-4-6-14(7-5-12)17-11-28-20(22-17)29-13(2)19(24)21-16-10-15(23(25)26)8-9-18(16)27-3/h4-11,13H,1-3H3,(H,21,24). The van der Waals surface area contributed by atoms with E-state index < -0.39 is 10.2 Å². The first-order chi connectivity index (χ1) is 13.9. The van der Waals surface area contributed by atoms with Gasteiger partial charge in [0, 0.05) is 23.1 Å². The zero-order valence-corrected chi connectivity index (χ0v) is 17.7. The van der Waals surface area contributed by atoms with Crippen LogP contribution in [-0.4, -0.2) is 28.2 Å². The van der Waals surface area contributed by atoms with E-state index >= 15 is 0 Å². The molecular weight excluding hydrogens is 410 g/mol. The maximum Gasteiger partial charge on any atom is 0.271 e. The lowest BCUT2D eigenvalue weighted by Gasteiger charge is -2.13. The van der Waals surface area contributed by atoms with Gasteiger partial charge in [-0.2, -0.15) is 0 Å². The molecule has 0 aliphatic heterocycles. The number of non-ortho nitro benzene ring substituents is 1. The zero-order chi connectivity index (χ0) is 21.0. The number of nitrogens with one attached hydrogen (secondary N) is 1. The lowest BCUT2D eigenvalue weighted by Crippen LogP contribution is -2.22. The van der Waals surface area contributed by atoms with E-state index in [2.05, 4.69) is 10.3 Å². The number of methoxy groups -OCH3 is 1. The molecule has 0 aliphatic carbocycles. The molecule has 1 N–H and O–H groups in total. The molecule has 0 radical (unpaired) electrons. The number of nitro benzene ring substituents is 1. The summed E-state index contributed by atoms with van der Waals surface area (Å²) in [4.78, 5) is 27.7. The summed E-state index contributed by atoms with van der Waals surface area (Å²) in [5, 5.41) is 15.2. The van der Waals surface area contributed by atoms with E-state index in [9.17, 15) is 14.9 Å². The summed E-state index contributed by atoms with van der Waals surface area (Å²) in [5.74, 6) is 0.0675. The molecule has 0 bridgehead atoms. The number of aryl methyl sites for hydroxylation is 1. The lowest BCUT2D eigenvalue weighted by molar-refractivity contribution is -0.384. The van der Waals surface area contributed by atoms with Crippen LogP contribution in [0.5, 0.6) is 5.75 Å². The molecule has 9 heteroatoms. The van der Waals surface area contributed by atoms with Gasteiger partial charge >= 0.3 is 0 Å². The number of benzene rings is 2. The Morgan fingerprint density at radius 1 is 1.28 bits per heavy atom. The van der Waals surface area contributed by atoms with E-state index in [-0.39, 0.29) is 17.3 Å². The largest absolute Gasteiger partial charge is 0.495 e. The Morgan fingerprint density at radius 2 is 2.00 bits per heavy atom. The van der Waals surface area contributed by atoms with E-state index in [4.69, 9.17) is 4.74 Å². The first kappa shape index (κ1) is 20.8. The van der Waals surface area contributed by atoms with Crippen molar-refractivity contribution in [1.29, 1.82) is 0 Å². The van der Waals surface area contributed by atoms with Crippen LogP contribution in [0.25, 0.3) is 11.3 Å². The number of thioether (sulfide) groups is 1. The summed E-state index contributed by atoms with van der Waals surface area (Å²) >= 11 is 2.81. The molecule has 0 spiro atoms. The van der Waals surface area contributed by atoms with E-state index in [1.807, 2.05) is 36.6 Å². The van der Waals surface area contributed by atoms with Crippen LogP contribution in [0.4, 0.5) is 11.4 Å². The van der Waals surface area contributed by atoms with Crippen molar-refractivity contribution in [3.8, 4) is 17.0 Å². The zero-order valence-electron chi connectivity index (χ0n) is 16.0. The molecule has 1 aromatic heterocycles. The van der Waals surface area contributed by atoms with Gasteiger partial charge in [0.15, 0.2) is 4.34 Å². The van der Waals surface area contributed by atoms with Crippen molar-refractivity contribution >= 4 is 40.4 Å². The Labute approximate surface area is 176 Å². The van der Waals surface area contributed by atoms with Crippen molar-refractivity contribution in [3.63, 3.8) is 0 Å². The lowest BCUT2D eigenvalue weighted by atomic mass is 10.1. The molecule has 7 nitrogen and oxygen atoms in total. The van der Waals surface area contributed by atoms with E-state index in [1.54, 1.807) is 6.92 Å². The van der Waals surface area contributed by atoms with Crippen LogP contribution < -0.4 is 10.1 Å². The van der Waals surface area contributed by atoms with Gasteiger partial charge in [-0.3, -0.25) is 14.9 Å². The second-order valence-corrected chi connectivity index (χ2v) is 8.70. The van der Waals surface area contributed by atoms with Crippen molar-refractivity contribution in [2.45, 2.75) is 23.4 Å². The number of nitro groups is 1. The summed E-state index contributed by atoms with van der Waals surface area (Å²) in [6.45, 7) is 3.79. The molecule has 0 fully saturated rings. The third-order valence-corrected chi connectivity index (χ3v) is 6.20. The van der Waals surface area contributed by atoms with Crippen molar-refractivity contribution in [2.24, 2.45) is 0 Å². The Kier molecular flexibility index (Phi) is 6.50. The number of thiazole rings is 1. The number of carbonyl (C=O) groups is 1. The van der Waals surface area contributed by atoms with E-state index in [0.717, 1.165) is 15.6 Å². The highest BCUT2D eigenvalue weighted by atomic mass is 32.2. The van der Waals surface area contributed by atoms with Gasteiger partial charge < -0.3 is 10.1 Å². The summed E-state index contributed by atoms with van der Waals surface area (Å²) < 4.78 is 5.96. The summed E-state index contributed by atoms with van der Waals surface area (Å²) in [5.41, 5.74) is 3.21. The van der Waals surface area contributed by atoms with Gasteiger partial charge in [-0.15, -0.1) is 11.3 Å². The van der Waals surface area contributed by atoms with Crippen molar-refractivity contribution in [3.05, 3.63) is 63.5 Å². The molecule has 150 valence electrons. The summed E-state index contributed by atoms with van der Waals surface area (Å²) in [6.07, 6.45) is 0. The number of hydrogen-bond acceptors (Lipinski definition) is 7. The monoisotopic (exact) mass is 429 g/mol. The number of ether oxygens (including phenoxy) is 1. The smallest absolute Gasteiger partial charge is 0.271 e. The Balaban J connectivity index is 1.69. The minimum absolute atomic E-state index is 0.121. The number of carbonyl (C=O) groups excluding carboxylic acids is 1. The van der Waals surface area contributed by atoms with E-state index in [0.29, 0.717) is 5.75 Å². The fourth-order valence-corrected chi connectivity index (χ4v) is 4.49. The average Bonchev–Trinajstić information content (AvgIpc) is 3.16. The molecule has 3 aromatic rings. The van der Waals surface area contributed by atoms with Gasteiger partial charge in [0.1, 0.15) is 5.75 Å². The molecule has 1 amide bonds. The maximum absolute atomic E-state index is 12.6. The Bertz CT molecular complexity index is 1030. The molecule has 1 unspecified atom stereocenters. The van der Waals surface area contributed by atoms with Crippen LogP contribution in [0.2, 0.25) is 0 Å². The summed E-state index contributed by atoms with van der Waals surface area (Å²) in [6, 6.07) is 12.2. The molecule has 29 heavy (non-hydrogen) atoms. The minimum Gasteiger partial charge on any atom is -0.495 e. The predicted molar refractivity (Wildman–Crippen MR) is 116 cm³/mol. The van der Waals surface area contributed by atoms with Crippen LogP contribution in [0.3, 0.4) is 0 Å². The van der Waals surface area contributed by atoms with Gasteiger partial charge in [-0.1, -0.05) is 41.6 Å². The molecule has 0 aliphatic rings. The highest BCUT2D eigenvalue weighted by Crippen LogP contribution is 2.33. The third-order valence-electron chi connectivity index (χ3n) is 4.13. The number of rotatable bonds is 7. The van der Waals surface area contributed by atoms with E-state index in [1.165, 1.54) is 54.0 Å². The molecule has 0 saturated heterocycles. The number of aromatic nitrogens is 1. The molecule has 0 saturated carbocycles. The van der Waals surface area contributed by atoms with Crippen LogP contribution in [-0.2, 0) is 4.79 Å². The molecule has 1 heterocycles. The number of anilines is 1. The highest BCUT2D eigenvalue weighted by Gasteiger charge is 2.20. The SMILES string of the molecule is COc1ccc([N+](=O)[O-])cc1NC(=O)C(C)Sc1nc(-c2ccc(C)cc2)cs1. The van der Waals surface area contributed by atoms with Crippen LogP contribution in [0.1, 0.15) is 12.5 Å². The Morgan fingerprint density at radius 3 is 2.66 bits per heavy atom. The molecule has 3 rings (SSSR count). The highest BCUT2D eigenvalue weighted by molar-refractivity contribution is 8.02. The van der Waals surface area contributed by atoms with Gasteiger partial charge in [-0.25, -0.2) is 4.98 Å². The number of amides is 1. The van der Waals surface area contributed by atoms with Crippen LogP contribution in [0.15, 0.2) is 52.2 Å². The van der Waals surface area contributed by atoms with Crippen molar-refractivity contribution in [1.82, 2.24) is 4.98 Å². The van der Waals surface area contributed by atoms with Crippen LogP contribution >= 0.6 is 23.1 Å². The average molecular weight is 430 g/mol. The number of nitrogens with zero attached hydrogens (tertiary/aromatic N) is 2. The normalized spacial score (nSPS) is 11.7. The predicted octanol–water partition coefficient (Wildman–Crippen LogP) is 5.15. The maximum atomic E-state index is 12.6. The fraction of sp³-hybridized carbons (Fsp3) is 0.200. The fourth-order valence-electron chi connectivity index (χ4n) is 2.51. The van der Waals surface area contributed by atoms with Gasteiger partial charge in [-0.05, 0) is 19.9 Å². The quantitative estimate of drug-likeness (QED) is 0.317. The van der Waals surface area contributed by atoms with Gasteiger partial charge in [0.2, 0.25) is 5.91 Å². The summed E-state index contributed by atoms with van der Waals surface area (Å²) in [7, 11) is 1.44. The topological polar surface area (TPSA) is 94.4 Å². The van der Waals surface area contributed by atoms with Crippen molar-refractivity contribution in [2.75, 3.05) is 12.4 Å². The third kappa shape index (κ3) is 5.12. The second kappa shape index (κ2) is 9.06. The number of hydrogen-bond donors (Lipinski definition) is 1. The second-order valence-electron chi connectivity index (χ2n) is 6.26. The van der Waals surface area contributed by atoms with Gasteiger partial charge in [0.05, 0.1) is 28.7 Å². The van der Waals surface area contributed by atoms with Crippen molar-refractivity contribution < 1.29 is 14.5 Å². The van der Waals surface area contributed by atoms with Gasteiger partial charge in [0.25, 0.3) is 5.69 Å². The van der Waals surface area contributed by atoms with Crippen LogP contribution in [0, 0.1) is 17.0 Å². The first-order valence-corrected chi connectivity index (χ1v) is 10.5. The molecule has 2 aromatic carbocycles.